The van der Waals surface area contributed by atoms with Crippen LogP contribution in [0.5, 0.6) is 0 Å². The maximum Gasteiger partial charge on any atom is 0.401 e. The van der Waals surface area contributed by atoms with Crippen LogP contribution in [0, 0.1) is 11.8 Å². The van der Waals surface area contributed by atoms with Gasteiger partial charge in [0.2, 0.25) is 0 Å². The van der Waals surface area contributed by atoms with Gasteiger partial charge in [0.15, 0.2) is 0 Å². The molecule has 0 radical (unpaired) electrons. The lowest BCUT2D eigenvalue weighted by molar-refractivity contribution is -0.143. The summed E-state index contributed by atoms with van der Waals surface area (Å²) in [5.41, 5.74) is 0. The summed E-state index contributed by atoms with van der Waals surface area (Å²) in [6, 6.07) is -0.288. The van der Waals surface area contributed by atoms with Crippen molar-refractivity contribution in [1.29, 1.82) is 0 Å². The second-order valence-electron chi connectivity index (χ2n) is 6.65. The number of rotatable bonds is 2. The Morgan fingerprint density at radius 3 is 2.36 bits per heavy atom. The number of amides is 2. The van der Waals surface area contributed by atoms with Crippen LogP contribution >= 0.6 is 0 Å². The standard InChI is InChI=1S/C15H22F3N3O/c16-15(17,18)10-20-6-5-13(9-20)19-14(22)21-7-11-3-1-2-4-12(11)8-21/h1-2,11-13H,3-10H2,(H,19,22)/t11-,12-,13+/m0/s1. The first kappa shape index (κ1) is 15.6. The molecule has 0 bridgehead atoms. The summed E-state index contributed by atoms with van der Waals surface area (Å²) in [5.74, 6) is 1.09. The number of hydrogen-bond acceptors (Lipinski definition) is 2. The minimum atomic E-state index is -4.17. The molecule has 0 saturated carbocycles. The molecule has 4 nitrogen and oxygen atoms in total. The average Bonchev–Trinajstić information content (AvgIpc) is 3.03. The number of allylic oxidation sites excluding steroid dienone is 2. The van der Waals surface area contributed by atoms with E-state index in [0.717, 1.165) is 25.9 Å². The van der Waals surface area contributed by atoms with Crippen molar-refractivity contribution in [3.8, 4) is 0 Å². The molecule has 124 valence electrons. The van der Waals surface area contributed by atoms with Crippen LogP contribution in [0.25, 0.3) is 0 Å². The molecule has 2 aliphatic heterocycles. The minimum Gasteiger partial charge on any atom is -0.334 e. The lowest BCUT2D eigenvalue weighted by atomic mass is 9.86. The topological polar surface area (TPSA) is 35.6 Å². The van der Waals surface area contributed by atoms with Crippen molar-refractivity contribution in [2.75, 3.05) is 32.7 Å². The molecule has 0 aromatic heterocycles. The van der Waals surface area contributed by atoms with E-state index in [-0.39, 0.29) is 18.6 Å². The number of urea groups is 1. The zero-order valence-electron chi connectivity index (χ0n) is 12.5. The summed E-state index contributed by atoms with van der Waals surface area (Å²) in [5, 5.41) is 2.90. The third-order valence-corrected chi connectivity index (χ3v) is 4.91. The molecule has 0 unspecified atom stereocenters. The van der Waals surface area contributed by atoms with Gasteiger partial charge >= 0.3 is 12.2 Å². The fourth-order valence-corrected chi connectivity index (χ4v) is 3.79. The monoisotopic (exact) mass is 317 g/mol. The van der Waals surface area contributed by atoms with E-state index in [2.05, 4.69) is 17.5 Å². The number of likely N-dealkylation sites (tertiary alicyclic amines) is 2. The van der Waals surface area contributed by atoms with Crippen molar-refractivity contribution < 1.29 is 18.0 Å². The predicted molar refractivity (Wildman–Crippen MR) is 76.4 cm³/mol. The molecule has 0 aromatic carbocycles. The molecule has 22 heavy (non-hydrogen) atoms. The van der Waals surface area contributed by atoms with Crippen LogP contribution < -0.4 is 5.32 Å². The Balaban J connectivity index is 1.45. The van der Waals surface area contributed by atoms with Crippen molar-refractivity contribution in [3.63, 3.8) is 0 Å². The van der Waals surface area contributed by atoms with Crippen LogP contribution in [0.1, 0.15) is 19.3 Å². The van der Waals surface area contributed by atoms with Gasteiger partial charge in [0.1, 0.15) is 0 Å². The molecule has 0 aromatic rings. The number of carbonyl (C=O) groups excluding carboxylic acids is 1. The van der Waals surface area contributed by atoms with Crippen LogP contribution in [-0.2, 0) is 0 Å². The average molecular weight is 317 g/mol. The van der Waals surface area contributed by atoms with Crippen LogP contribution in [-0.4, -0.2) is 60.8 Å². The molecule has 2 fully saturated rings. The summed E-state index contributed by atoms with van der Waals surface area (Å²) in [6.45, 7) is 1.31. The number of carbonyl (C=O) groups is 1. The number of fused-ring (bicyclic) bond motifs is 1. The van der Waals surface area contributed by atoms with Crippen LogP contribution in [0.15, 0.2) is 12.2 Å². The van der Waals surface area contributed by atoms with Gasteiger partial charge in [-0.2, -0.15) is 13.2 Å². The first-order valence-corrected chi connectivity index (χ1v) is 7.90. The van der Waals surface area contributed by atoms with Crippen molar-refractivity contribution in [3.05, 3.63) is 12.2 Å². The second kappa shape index (κ2) is 6.10. The molecular weight excluding hydrogens is 295 g/mol. The van der Waals surface area contributed by atoms with Crippen molar-refractivity contribution in [1.82, 2.24) is 15.1 Å². The van der Waals surface area contributed by atoms with Gasteiger partial charge < -0.3 is 10.2 Å². The normalized spacial score (nSPS) is 32.3. The third kappa shape index (κ3) is 3.74. The number of nitrogens with one attached hydrogen (secondary N) is 1. The molecule has 2 saturated heterocycles. The highest BCUT2D eigenvalue weighted by Gasteiger charge is 2.37. The second-order valence-corrected chi connectivity index (χ2v) is 6.65. The molecule has 1 aliphatic carbocycles. The number of alkyl halides is 3. The zero-order chi connectivity index (χ0) is 15.7. The molecule has 2 amide bonds. The highest BCUT2D eigenvalue weighted by molar-refractivity contribution is 5.75. The van der Waals surface area contributed by atoms with Gasteiger partial charge in [-0.05, 0) is 31.1 Å². The fraction of sp³-hybridized carbons (Fsp3) is 0.800. The van der Waals surface area contributed by atoms with Crippen molar-refractivity contribution >= 4 is 6.03 Å². The summed E-state index contributed by atoms with van der Waals surface area (Å²) in [7, 11) is 0. The smallest absolute Gasteiger partial charge is 0.334 e. The van der Waals surface area contributed by atoms with Gasteiger partial charge in [0.05, 0.1) is 6.54 Å². The number of halogens is 3. The van der Waals surface area contributed by atoms with Crippen LogP contribution in [0.4, 0.5) is 18.0 Å². The fourth-order valence-electron chi connectivity index (χ4n) is 3.79. The van der Waals surface area contributed by atoms with Crippen molar-refractivity contribution in [2.24, 2.45) is 11.8 Å². The maximum atomic E-state index is 12.4. The van der Waals surface area contributed by atoms with Crippen LogP contribution in [0.2, 0.25) is 0 Å². The third-order valence-electron chi connectivity index (χ3n) is 4.91. The molecule has 1 N–H and O–H groups in total. The number of hydrogen-bond donors (Lipinski definition) is 1. The molecule has 3 rings (SSSR count). The van der Waals surface area contributed by atoms with E-state index in [1.165, 1.54) is 4.90 Å². The zero-order valence-corrected chi connectivity index (χ0v) is 12.5. The van der Waals surface area contributed by atoms with E-state index in [9.17, 15) is 18.0 Å². The van der Waals surface area contributed by atoms with Gasteiger partial charge in [-0.1, -0.05) is 12.2 Å². The van der Waals surface area contributed by atoms with Gasteiger partial charge in [-0.15, -0.1) is 0 Å². The van der Waals surface area contributed by atoms with E-state index >= 15 is 0 Å². The molecule has 3 aliphatic rings. The van der Waals surface area contributed by atoms with Gasteiger partial charge in [0.25, 0.3) is 0 Å². The Kier molecular flexibility index (Phi) is 4.34. The Hall–Kier alpha value is -1.24. The van der Waals surface area contributed by atoms with E-state index in [1.54, 1.807) is 0 Å². The lowest BCUT2D eigenvalue weighted by Gasteiger charge is -2.21. The minimum absolute atomic E-state index is 0.117. The first-order valence-electron chi connectivity index (χ1n) is 7.90. The highest BCUT2D eigenvalue weighted by atomic mass is 19.4. The largest absolute Gasteiger partial charge is 0.401 e. The van der Waals surface area contributed by atoms with E-state index in [1.807, 2.05) is 4.90 Å². The van der Waals surface area contributed by atoms with E-state index in [0.29, 0.717) is 24.8 Å². The van der Waals surface area contributed by atoms with Gasteiger partial charge in [-0.3, -0.25) is 4.90 Å². The van der Waals surface area contributed by atoms with Gasteiger partial charge in [0, 0.05) is 32.2 Å². The first-order chi connectivity index (χ1) is 10.4. The van der Waals surface area contributed by atoms with E-state index < -0.39 is 12.7 Å². The van der Waals surface area contributed by atoms with Gasteiger partial charge in [-0.25, -0.2) is 4.79 Å². The Morgan fingerprint density at radius 2 is 1.77 bits per heavy atom. The molecule has 7 heteroatoms. The Morgan fingerprint density at radius 1 is 1.14 bits per heavy atom. The maximum absolute atomic E-state index is 12.4. The predicted octanol–water partition coefficient (Wildman–Crippen LogP) is 2.23. The Bertz CT molecular complexity index is 436. The van der Waals surface area contributed by atoms with E-state index in [4.69, 9.17) is 0 Å². The molecule has 0 spiro atoms. The summed E-state index contributed by atoms with van der Waals surface area (Å²) in [4.78, 5) is 15.5. The summed E-state index contributed by atoms with van der Waals surface area (Å²) < 4.78 is 37.1. The SMILES string of the molecule is O=C(N[C@@H]1CCN(CC(F)(F)F)C1)N1C[C@@H]2CC=CC[C@H]2C1. The Labute approximate surface area is 128 Å². The number of nitrogens with zero attached hydrogens (tertiary/aromatic N) is 2. The lowest BCUT2D eigenvalue weighted by Crippen LogP contribution is -2.45. The molecule has 3 atom stereocenters. The molecular formula is C15H22F3N3O. The van der Waals surface area contributed by atoms with Crippen molar-refractivity contribution in [2.45, 2.75) is 31.5 Å². The summed E-state index contributed by atoms with van der Waals surface area (Å²) in [6.07, 6.45) is 2.82. The summed E-state index contributed by atoms with van der Waals surface area (Å²) >= 11 is 0. The van der Waals surface area contributed by atoms with Crippen LogP contribution in [0.3, 0.4) is 0 Å². The molecule has 2 heterocycles. The quantitative estimate of drug-likeness (QED) is 0.793. The highest BCUT2D eigenvalue weighted by Crippen LogP contribution is 2.32.